The van der Waals surface area contributed by atoms with Gasteiger partial charge in [-0.15, -0.1) is 11.3 Å². The lowest BCUT2D eigenvalue weighted by Gasteiger charge is -2.39. The summed E-state index contributed by atoms with van der Waals surface area (Å²) in [6.07, 6.45) is 5.33. The number of hydrogen-bond acceptors (Lipinski definition) is 5. The van der Waals surface area contributed by atoms with Gasteiger partial charge in [-0.2, -0.15) is 0 Å². The Balaban J connectivity index is 1.36. The Labute approximate surface area is 167 Å². The van der Waals surface area contributed by atoms with Gasteiger partial charge in [0.1, 0.15) is 11.1 Å². The summed E-state index contributed by atoms with van der Waals surface area (Å²) < 4.78 is 5.39. The molecular formula is C22H31N3OS. The van der Waals surface area contributed by atoms with Crippen molar-refractivity contribution < 1.29 is 4.74 Å². The molecule has 0 radical (unpaired) electrons. The summed E-state index contributed by atoms with van der Waals surface area (Å²) in [5.41, 5.74) is 4.35. The minimum atomic E-state index is 0.0934. The maximum absolute atomic E-state index is 5.39. The van der Waals surface area contributed by atoms with Crippen molar-refractivity contribution in [2.24, 2.45) is 0 Å². The molecule has 1 aliphatic carbocycles. The molecule has 27 heavy (non-hydrogen) atoms. The molecule has 0 bridgehead atoms. The average molecular weight is 386 g/mol. The molecule has 2 heterocycles. The van der Waals surface area contributed by atoms with E-state index in [-0.39, 0.29) is 6.10 Å². The van der Waals surface area contributed by atoms with E-state index in [9.17, 15) is 0 Å². The smallest absolute Gasteiger partial charge is 0.122 e. The minimum Gasteiger partial charge on any atom is -0.375 e. The number of ether oxygens (including phenoxy) is 1. The zero-order valence-electron chi connectivity index (χ0n) is 16.6. The number of aryl methyl sites for hydroxylation is 1. The molecule has 146 valence electrons. The average Bonchev–Trinajstić information content (AvgIpc) is 3.06. The van der Waals surface area contributed by atoms with Crippen LogP contribution in [0, 0.1) is 0 Å². The zero-order chi connectivity index (χ0) is 18.6. The molecular weight excluding hydrogens is 354 g/mol. The van der Waals surface area contributed by atoms with Gasteiger partial charge in [0.15, 0.2) is 0 Å². The predicted octanol–water partition coefficient (Wildman–Crippen LogP) is 4.44. The second-order valence-corrected chi connectivity index (χ2v) is 8.72. The van der Waals surface area contributed by atoms with Crippen LogP contribution in [-0.2, 0) is 17.7 Å². The zero-order valence-corrected chi connectivity index (χ0v) is 17.4. The highest BCUT2D eigenvalue weighted by Gasteiger charge is 2.27. The van der Waals surface area contributed by atoms with Crippen LogP contribution in [0.1, 0.15) is 60.2 Å². The Morgan fingerprint density at radius 3 is 2.81 bits per heavy atom. The summed E-state index contributed by atoms with van der Waals surface area (Å²) in [5.74, 6) is 0. The Bertz CT molecular complexity index is 739. The van der Waals surface area contributed by atoms with Crippen molar-refractivity contribution in [2.75, 3.05) is 33.3 Å². The summed E-state index contributed by atoms with van der Waals surface area (Å²) in [6, 6.07) is 9.73. The molecule has 1 aromatic heterocycles. The number of piperazine rings is 1. The third kappa shape index (κ3) is 4.43. The van der Waals surface area contributed by atoms with E-state index in [0.717, 1.165) is 37.7 Å². The Morgan fingerprint density at radius 2 is 2.00 bits per heavy atom. The van der Waals surface area contributed by atoms with Gasteiger partial charge in [-0.25, -0.2) is 4.98 Å². The summed E-state index contributed by atoms with van der Waals surface area (Å²) in [5, 5.41) is 3.28. The SMILES string of the molecule is COC(C)c1nc(CN2CCN(C3CCCCc4ccccc43)CC2)cs1. The first-order valence-electron chi connectivity index (χ1n) is 10.3. The summed E-state index contributed by atoms with van der Waals surface area (Å²) in [6.45, 7) is 7.60. The fourth-order valence-electron chi connectivity index (χ4n) is 4.42. The molecule has 1 fully saturated rings. The number of hydrogen-bond donors (Lipinski definition) is 0. The minimum absolute atomic E-state index is 0.0934. The summed E-state index contributed by atoms with van der Waals surface area (Å²) >= 11 is 1.72. The van der Waals surface area contributed by atoms with Gasteiger partial charge >= 0.3 is 0 Å². The normalized spacial score (nSPS) is 23.0. The molecule has 0 spiro atoms. The van der Waals surface area contributed by atoms with Crippen molar-refractivity contribution in [1.82, 2.24) is 14.8 Å². The second kappa shape index (κ2) is 8.82. The van der Waals surface area contributed by atoms with Crippen LogP contribution in [0.15, 0.2) is 29.6 Å². The Morgan fingerprint density at radius 1 is 1.19 bits per heavy atom. The van der Waals surface area contributed by atoms with Crippen molar-refractivity contribution in [3.8, 4) is 0 Å². The van der Waals surface area contributed by atoms with E-state index in [1.807, 2.05) is 0 Å². The number of fused-ring (bicyclic) bond motifs is 1. The van der Waals surface area contributed by atoms with Crippen molar-refractivity contribution in [2.45, 2.75) is 51.3 Å². The predicted molar refractivity (Wildman–Crippen MR) is 111 cm³/mol. The molecule has 0 N–H and O–H groups in total. The molecule has 2 atom stereocenters. The highest BCUT2D eigenvalue weighted by Crippen LogP contribution is 2.33. The topological polar surface area (TPSA) is 28.6 Å². The van der Waals surface area contributed by atoms with Gasteiger partial charge < -0.3 is 4.74 Å². The molecule has 0 amide bonds. The number of rotatable bonds is 5. The van der Waals surface area contributed by atoms with Crippen LogP contribution in [0.5, 0.6) is 0 Å². The fourth-order valence-corrected chi connectivity index (χ4v) is 5.26. The maximum atomic E-state index is 5.39. The maximum Gasteiger partial charge on any atom is 0.122 e. The van der Waals surface area contributed by atoms with Crippen molar-refractivity contribution in [1.29, 1.82) is 0 Å². The first kappa shape index (κ1) is 19.1. The molecule has 0 saturated carbocycles. The van der Waals surface area contributed by atoms with Crippen LogP contribution in [0.4, 0.5) is 0 Å². The van der Waals surface area contributed by atoms with Gasteiger partial charge in [0.25, 0.3) is 0 Å². The van der Waals surface area contributed by atoms with Gasteiger partial charge in [0, 0.05) is 51.3 Å². The molecule has 1 aromatic carbocycles. The molecule has 2 aromatic rings. The van der Waals surface area contributed by atoms with Crippen LogP contribution in [0.2, 0.25) is 0 Å². The van der Waals surface area contributed by atoms with Crippen molar-refractivity contribution in [3.63, 3.8) is 0 Å². The van der Waals surface area contributed by atoms with Gasteiger partial charge in [-0.05, 0) is 37.3 Å². The highest BCUT2D eigenvalue weighted by molar-refractivity contribution is 7.09. The standard InChI is InChI=1S/C22H31N3OS/c1-17(26-2)22-23-19(16-27-22)15-24-11-13-25(14-12-24)21-10-6-4-8-18-7-3-5-9-20(18)21/h3,5,7,9,16-17,21H,4,6,8,10-15H2,1-2H3. The van der Waals surface area contributed by atoms with E-state index in [1.165, 1.54) is 31.4 Å². The molecule has 5 heteroatoms. The lowest BCUT2D eigenvalue weighted by atomic mass is 9.97. The first-order chi connectivity index (χ1) is 13.2. The quantitative estimate of drug-likeness (QED) is 0.712. The number of nitrogens with zero attached hydrogens (tertiary/aromatic N) is 3. The van der Waals surface area contributed by atoms with E-state index in [1.54, 1.807) is 29.6 Å². The number of benzene rings is 1. The number of thiazole rings is 1. The van der Waals surface area contributed by atoms with Crippen LogP contribution in [0.25, 0.3) is 0 Å². The molecule has 1 saturated heterocycles. The molecule has 4 rings (SSSR count). The lowest BCUT2D eigenvalue weighted by Crippen LogP contribution is -2.47. The Hall–Kier alpha value is -1.27. The van der Waals surface area contributed by atoms with Crippen molar-refractivity contribution >= 4 is 11.3 Å². The van der Waals surface area contributed by atoms with E-state index in [4.69, 9.17) is 9.72 Å². The third-order valence-electron chi connectivity index (χ3n) is 6.09. The second-order valence-electron chi connectivity index (χ2n) is 7.83. The Kier molecular flexibility index (Phi) is 6.23. The summed E-state index contributed by atoms with van der Waals surface area (Å²) in [4.78, 5) is 10.0. The van der Waals surface area contributed by atoms with Crippen LogP contribution >= 0.6 is 11.3 Å². The van der Waals surface area contributed by atoms with Crippen LogP contribution in [0.3, 0.4) is 0 Å². The number of aromatic nitrogens is 1. The molecule has 4 nitrogen and oxygen atoms in total. The van der Waals surface area contributed by atoms with Crippen LogP contribution in [-0.4, -0.2) is 48.1 Å². The van der Waals surface area contributed by atoms with Gasteiger partial charge in [0.05, 0.1) is 5.69 Å². The lowest BCUT2D eigenvalue weighted by molar-refractivity contribution is 0.0865. The van der Waals surface area contributed by atoms with Gasteiger partial charge in [-0.3, -0.25) is 9.80 Å². The fraction of sp³-hybridized carbons (Fsp3) is 0.591. The van der Waals surface area contributed by atoms with Crippen LogP contribution < -0.4 is 0 Å². The highest BCUT2D eigenvalue weighted by atomic mass is 32.1. The number of methoxy groups -OCH3 is 1. The van der Waals surface area contributed by atoms with E-state index in [0.29, 0.717) is 6.04 Å². The van der Waals surface area contributed by atoms with E-state index in [2.05, 4.69) is 46.4 Å². The third-order valence-corrected chi connectivity index (χ3v) is 7.15. The summed E-state index contributed by atoms with van der Waals surface area (Å²) in [7, 11) is 1.75. The molecule has 2 unspecified atom stereocenters. The van der Waals surface area contributed by atoms with E-state index >= 15 is 0 Å². The first-order valence-corrected chi connectivity index (χ1v) is 11.1. The molecule has 1 aliphatic heterocycles. The van der Waals surface area contributed by atoms with Crippen molar-refractivity contribution in [3.05, 3.63) is 51.5 Å². The molecule has 2 aliphatic rings. The van der Waals surface area contributed by atoms with Gasteiger partial charge in [0.2, 0.25) is 0 Å². The largest absolute Gasteiger partial charge is 0.375 e. The van der Waals surface area contributed by atoms with Gasteiger partial charge in [-0.1, -0.05) is 30.7 Å². The van der Waals surface area contributed by atoms with E-state index < -0.39 is 0 Å². The monoisotopic (exact) mass is 385 g/mol.